The van der Waals surface area contributed by atoms with Crippen LogP contribution in [0.15, 0.2) is 59.5 Å². The maximum absolute atomic E-state index is 14.1. The van der Waals surface area contributed by atoms with Gasteiger partial charge in [0, 0.05) is 31.7 Å². The van der Waals surface area contributed by atoms with Crippen molar-refractivity contribution >= 4 is 32.8 Å². The largest absolute Gasteiger partial charge is 0.378 e. The Hall–Kier alpha value is -3.68. The van der Waals surface area contributed by atoms with Crippen molar-refractivity contribution in [3.63, 3.8) is 0 Å². The number of benzene rings is 2. The summed E-state index contributed by atoms with van der Waals surface area (Å²) >= 11 is 0. The van der Waals surface area contributed by atoms with E-state index in [0.717, 1.165) is 31.2 Å². The number of halogens is 2. The normalized spacial score (nSPS) is 19.7. The monoisotopic (exact) mass is 611 g/mol. The van der Waals surface area contributed by atoms with Crippen molar-refractivity contribution < 1.29 is 21.9 Å². The molecule has 43 heavy (non-hydrogen) atoms. The number of aromatic nitrogens is 4. The standard InChI is InChI=1S/C30H35F2N7O3S/c1-20-6-12-23(13-7-20)43(40,41)37-22-10-8-21(9-11-22)19-33-30-35-26(38-14-16-42-17-15-38)18-27(36-30)39-25-5-3-2-4-24(25)34-29(39)28(31)32/h2-7,12-13,18,21-22,28,37H,8-11,14-17,19H2,1H3,(H,33,35,36). The number of nitrogens with zero attached hydrogens (tertiary/aromatic N) is 5. The molecule has 0 spiro atoms. The highest BCUT2D eigenvalue weighted by atomic mass is 32.2. The molecule has 4 aromatic rings. The molecular formula is C30H35F2N7O3S. The van der Waals surface area contributed by atoms with Crippen molar-refractivity contribution in [2.45, 2.75) is 50.0 Å². The number of alkyl halides is 2. The summed E-state index contributed by atoms with van der Waals surface area (Å²) in [6, 6.07) is 15.5. The number of morpholine rings is 1. The number of imidazole rings is 1. The molecule has 0 radical (unpaired) electrons. The molecule has 0 atom stereocenters. The molecule has 1 saturated carbocycles. The van der Waals surface area contributed by atoms with Gasteiger partial charge < -0.3 is 15.0 Å². The lowest BCUT2D eigenvalue weighted by molar-refractivity contribution is 0.122. The summed E-state index contributed by atoms with van der Waals surface area (Å²) in [5, 5.41) is 3.35. The maximum Gasteiger partial charge on any atom is 0.296 e. The van der Waals surface area contributed by atoms with Crippen molar-refractivity contribution in [1.29, 1.82) is 0 Å². The Labute approximate surface area is 249 Å². The Morgan fingerprint density at radius 2 is 1.65 bits per heavy atom. The number of ether oxygens (including phenoxy) is 1. The quantitative estimate of drug-likeness (QED) is 0.276. The van der Waals surface area contributed by atoms with E-state index in [2.05, 4.69) is 24.9 Å². The van der Waals surface area contributed by atoms with Gasteiger partial charge in [-0.05, 0) is 62.8 Å². The van der Waals surface area contributed by atoms with Gasteiger partial charge in [-0.25, -0.2) is 26.9 Å². The molecule has 10 nitrogen and oxygen atoms in total. The average molecular weight is 612 g/mol. The summed E-state index contributed by atoms with van der Waals surface area (Å²) in [7, 11) is -3.58. The lowest BCUT2D eigenvalue weighted by atomic mass is 9.86. The van der Waals surface area contributed by atoms with E-state index in [1.807, 2.05) is 6.92 Å². The van der Waals surface area contributed by atoms with Crippen LogP contribution >= 0.6 is 0 Å². The molecule has 2 aromatic heterocycles. The summed E-state index contributed by atoms with van der Waals surface area (Å²) in [5.41, 5.74) is 2.02. The number of para-hydroxylation sites is 2. The highest BCUT2D eigenvalue weighted by Crippen LogP contribution is 2.30. The molecule has 2 aliphatic rings. The third-order valence-corrected chi connectivity index (χ3v) is 9.63. The molecular weight excluding hydrogens is 576 g/mol. The topological polar surface area (TPSA) is 114 Å². The minimum atomic E-state index is -3.58. The van der Waals surface area contributed by atoms with Crippen LogP contribution in [0.3, 0.4) is 0 Å². The Balaban J connectivity index is 1.18. The number of fused-ring (bicyclic) bond motifs is 1. The summed E-state index contributed by atoms with van der Waals surface area (Å²) in [6.07, 6.45) is 0.299. The summed E-state index contributed by atoms with van der Waals surface area (Å²) in [6.45, 7) is 4.86. The number of aryl methyl sites for hydroxylation is 1. The molecule has 6 rings (SSSR count). The lowest BCUT2D eigenvalue weighted by Crippen LogP contribution is -2.38. The van der Waals surface area contributed by atoms with Crippen LogP contribution in [0.5, 0.6) is 0 Å². The summed E-state index contributed by atoms with van der Waals surface area (Å²) in [4.78, 5) is 15.9. The second-order valence-corrected chi connectivity index (χ2v) is 12.8. The molecule has 0 unspecified atom stereocenters. The smallest absolute Gasteiger partial charge is 0.296 e. The first-order valence-electron chi connectivity index (χ1n) is 14.6. The lowest BCUT2D eigenvalue weighted by Gasteiger charge is -2.30. The summed E-state index contributed by atoms with van der Waals surface area (Å²) in [5.74, 6) is 1.20. The van der Waals surface area contributed by atoms with E-state index < -0.39 is 16.4 Å². The minimum Gasteiger partial charge on any atom is -0.378 e. The number of sulfonamides is 1. The van der Waals surface area contributed by atoms with E-state index in [1.165, 1.54) is 4.57 Å². The second kappa shape index (κ2) is 12.5. The van der Waals surface area contributed by atoms with Crippen molar-refractivity contribution in [2.24, 2.45) is 5.92 Å². The molecule has 3 heterocycles. The SMILES string of the molecule is Cc1ccc(S(=O)(=O)NC2CCC(CNc3nc(N4CCOCC4)cc(-n4c(C(F)F)nc5ccccc54)n3)CC2)cc1. The van der Waals surface area contributed by atoms with Crippen molar-refractivity contribution in [2.75, 3.05) is 43.1 Å². The van der Waals surface area contributed by atoms with Crippen LogP contribution in [0.1, 0.15) is 43.5 Å². The Bertz CT molecular complexity index is 1670. The molecule has 13 heteroatoms. The molecule has 0 bridgehead atoms. The van der Waals surface area contributed by atoms with Crippen molar-refractivity contribution in [3.05, 3.63) is 66.0 Å². The van der Waals surface area contributed by atoms with E-state index in [-0.39, 0.29) is 22.7 Å². The third-order valence-electron chi connectivity index (χ3n) is 8.09. The molecule has 2 aromatic carbocycles. The molecule has 2 N–H and O–H groups in total. The van der Waals surface area contributed by atoms with Gasteiger partial charge >= 0.3 is 0 Å². The molecule has 1 aliphatic heterocycles. The number of nitrogens with one attached hydrogen (secondary N) is 2. The van der Waals surface area contributed by atoms with Crippen LogP contribution in [-0.4, -0.2) is 66.8 Å². The van der Waals surface area contributed by atoms with E-state index in [1.54, 1.807) is 54.6 Å². The molecule has 0 amide bonds. The van der Waals surface area contributed by atoms with Crippen LogP contribution in [0.2, 0.25) is 0 Å². The van der Waals surface area contributed by atoms with Crippen LogP contribution in [0.4, 0.5) is 20.5 Å². The van der Waals surface area contributed by atoms with E-state index in [4.69, 9.17) is 9.72 Å². The Morgan fingerprint density at radius 3 is 2.37 bits per heavy atom. The zero-order chi connectivity index (χ0) is 30.0. The van der Waals surface area contributed by atoms with Gasteiger partial charge in [0.05, 0.1) is 29.1 Å². The summed E-state index contributed by atoms with van der Waals surface area (Å²) < 4.78 is 63.7. The zero-order valence-electron chi connectivity index (χ0n) is 23.9. The maximum atomic E-state index is 14.1. The first kappa shape index (κ1) is 29.4. The Kier molecular flexibility index (Phi) is 8.55. The van der Waals surface area contributed by atoms with E-state index >= 15 is 0 Å². The van der Waals surface area contributed by atoms with Crippen molar-refractivity contribution in [1.82, 2.24) is 24.2 Å². The third kappa shape index (κ3) is 6.63. The highest BCUT2D eigenvalue weighted by Gasteiger charge is 2.27. The number of hydrogen-bond donors (Lipinski definition) is 2. The van der Waals surface area contributed by atoms with Crippen LogP contribution in [0.25, 0.3) is 16.9 Å². The van der Waals surface area contributed by atoms with Gasteiger partial charge in [-0.3, -0.25) is 4.57 Å². The predicted molar refractivity (Wildman–Crippen MR) is 160 cm³/mol. The fourth-order valence-electron chi connectivity index (χ4n) is 5.73. The van der Waals surface area contributed by atoms with Gasteiger partial charge in [-0.2, -0.15) is 9.97 Å². The number of anilines is 2. The highest BCUT2D eigenvalue weighted by molar-refractivity contribution is 7.89. The van der Waals surface area contributed by atoms with Crippen LogP contribution < -0.4 is 14.9 Å². The predicted octanol–water partition coefficient (Wildman–Crippen LogP) is 4.85. The Morgan fingerprint density at radius 1 is 0.953 bits per heavy atom. The zero-order valence-corrected chi connectivity index (χ0v) is 24.7. The molecule has 1 aliphatic carbocycles. The van der Waals surface area contributed by atoms with Crippen LogP contribution in [-0.2, 0) is 14.8 Å². The fourth-order valence-corrected chi connectivity index (χ4v) is 7.03. The van der Waals surface area contributed by atoms with Gasteiger partial charge in [-0.1, -0.05) is 29.8 Å². The number of hydrogen-bond acceptors (Lipinski definition) is 8. The fraction of sp³-hybridized carbons (Fsp3) is 0.433. The van der Waals surface area contributed by atoms with Gasteiger partial charge in [0.2, 0.25) is 16.0 Å². The first-order valence-corrected chi connectivity index (χ1v) is 16.1. The van der Waals surface area contributed by atoms with Gasteiger partial charge in [0.25, 0.3) is 6.43 Å². The average Bonchev–Trinajstić information content (AvgIpc) is 3.41. The van der Waals surface area contributed by atoms with Crippen LogP contribution in [0, 0.1) is 12.8 Å². The number of rotatable bonds is 9. The minimum absolute atomic E-state index is 0.127. The van der Waals surface area contributed by atoms with Crippen molar-refractivity contribution in [3.8, 4) is 5.82 Å². The molecule has 228 valence electrons. The molecule has 1 saturated heterocycles. The van der Waals surface area contributed by atoms with Gasteiger partial charge in [0.1, 0.15) is 11.6 Å². The first-order chi connectivity index (χ1) is 20.8. The van der Waals surface area contributed by atoms with E-state index in [9.17, 15) is 17.2 Å². The van der Waals surface area contributed by atoms with Gasteiger partial charge in [0.15, 0.2) is 5.82 Å². The van der Waals surface area contributed by atoms with Gasteiger partial charge in [-0.15, -0.1) is 0 Å². The van der Waals surface area contributed by atoms with E-state index in [0.29, 0.717) is 61.5 Å². The second-order valence-electron chi connectivity index (χ2n) is 11.1. The molecule has 2 fully saturated rings.